The van der Waals surface area contributed by atoms with Gasteiger partial charge in [-0.15, -0.1) is 0 Å². The van der Waals surface area contributed by atoms with Crippen molar-refractivity contribution in [1.82, 2.24) is 5.32 Å². The highest BCUT2D eigenvalue weighted by molar-refractivity contribution is 6.06. The van der Waals surface area contributed by atoms with Crippen molar-refractivity contribution in [3.63, 3.8) is 0 Å². The molecule has 0 radical (unpaired) electrons. The number of nitrogens with one attached hydrogen (secondary N) is 2. The fourth-order valence-electron chi connectivity index (χ4n) is 3.39. The molecule has 2 aromatic carbocycles. The number of carbonyl (C=O) groups is 3. The Hall–Kier alpha value is -3.22. The molecule has 1 aliphatic carbocycles. The average Bonchev–Trinajstić information content (AvgIpc) is 3.13. The van der Waals surface area contributed by atoms with E-state index in [1.54, 1.807) is 25.1 Å². The van der Waals surface area contributed by atoms with Crippen LogP contribution in [0.25, 0.3) is 0 Å². The number of amides is 2. The van der Waals surface area contributed by atoms with Gasteiger partial charge in [0, 0.05) is 11.3 Å². The number of carboxylic acid groups (broad SMARTS) is 1. The third kappa shape index (κ3) is 3.88. The Morgan fingerprint density at radius 1 is 1.04 bits per heavy atom. The number of hydrogen-bond donors (Lipinski definition) is 3. The molecule has 3 rings (SSSR count). The normalized spacial score (nSPS) is 15.1. The lowest BCUT2D eigenvalue weighted by atomic mass is 9.97. The number of aryl methyl sites for hydroxylation is 1. The SMILES string of the molecule is Cc1ccc(C(=O)NC2(C(=O)O)CCCC2)cc1NC(=O)c1ccccc1F. The Balaban J connectivity index is 1.81. The summed E-state index contributed by atoms with van der Waals surface area (Å²) in [6.07, 6.45) is 2.25. The van der Waals surface area contributed by atoms with Crippen molar-refractivity contribution in [2.75, 3.05) is 5.32 Å². The van der Waals surface area contributed by atoms with Gasteiger partial charge in [-0.1, -0.05) is 31.0 Å². The molecule has 0 saturated heterocycles. The van der Waals surface area contributed by atoms with Gasteiger partial charge in [-0.05, 0) is 49.6 Å². The quantitative estimate of drug-likeness (QED) is 0.735. The van der Waals surface area contributed by atoms with Gasteiger partial charge in [0.15, 0.2) is 0 Å². The molecule has 2 aromatic rings. The lowest BCUT2D eigenvalue weighted by Crippen LogP contribution is -2.52. The van der Waals surface area contributed by atoms with E-state index in [0.29, 0.717) is 24.1 Å². The Bertz CT molecular complexity index is 936. The van der Waals surface area contributed by atoms with E-state index in [9.17, 15) is 23.9 Å². The highest BCUT2D eigenvalue weighted by atomic mass is 19.1. The first-order chi connectivity index (χ1) is 13.3. The molecule has 146 valence electrons. The first-order valence-corrected chi connectivity index (χ1v) is 9.05. The van der Waals surface area contributed by atoms with Crippen LogP contribution < -0.4 is 10.6 Å². The fourth-order valence-corrected chi connectivity index (χ4v) is 3.39. The maximum Gasteiger partial charge on any atom is 0.329 e. The van der Waals surface area contributed by atoms with Gasteiger partial charge in [-0.3, -0.25) is 9.59 Å². The van der Waals surface area contributed by atoms with Gasteiger partial charge in [0.05, 0.1) is 5.56 Å². The van der Waals surface area contributed by atoms with E-state index in [0.717, 1.165) is 12.8 Å². The second kappa shape index (κ2) is 7.80. The zero-order valence-corrected chi connectivity index (χ0v) is 15.4. The minimum absolute atomic E-state index is 0.104. The number of rotatable bonds is 5. The van der Waals surface area contributed by atoms with Gasteiger partial charge in [-0.25, -0.2) is 9.18 Å². The molecule has 1 saturated carbocycles. The predicted molar refractivity (Wildman–Crippen MR) is 102 cm³/mol. The molecule has 0 unspecified atom stereocenters. The molecule has 0 aromatic heterocycles. The summed E-state index contributed by atoms with van der Waals surface area (Å²) < 4.78 is 13.8. The molecule has 7 heteroatoms. The first kappa shape index (κ1) is 19.5. The molecule has 1 fully saturated rings. The van der Waals surface area contributed by atoms with Crippen LogP contribution in [0, 0.1) is 12.7 Å². The summed E-state index contributed by atoms with van der Waals surface area (Å²) in [5, 5.41) is 14.8. The van der Waals surface area contributed by atoms with Gasteiger partial charge in [0.1, 0.15) is 11.4 Å². The van der Waals surface area contributed by atoms with E-state index in [1.165, 1.54) is 24.3 Å². The van der Waals surface area contributed by atoms with Crippen LogP contribution in [0.1, 0.15) is 52.0 Å². The Labute approximate surface area is 161 Å². The van der Waals surface area contributed by atoms with Crippen LogP contribution in [0.5, 0.6) is 0 Å². The van der Waals surface area contributed by atoms with E-state index >= 15 is 0 Å². The zero-order valence-electron chi connectivity index (χ0n) is 15.4. The standard InChI is InChI=1S/C21H21FN2O4/c1-13-8-9-14(18(25)24-21(20(27)28)10-4-5-11-21)12-17(13)23-19(26)15-6-2-3-7-16(15)22/h2-3,6-9,12H,4-5,10-11H2,1H3,(H,23,26)(H,24,25)(H,27,28). The number of aliphatic carboxylic acids is 1. The highest BCUT2D eigenvalue weighted by Crippen LogP contribution is 2.30. The minimum atomic E-state index is -1.25. The fraction of sp³-hybridized carbons (Fsp3) is 0.286. The van der Waals surface area contributed by atoms with Crippen molar-refractivity contribution >= 4 is 23.5 Å². The third-order valence-electron chi connectivity index (χ3n) is 5.09. The first-order valence-electron chi connectivity index (χ1n) is 9.05. The number of benzene rings is 2. The van der Waals surface area contributed by atoms with Crippen molar-refractivity contribution in [3.05, 3.63) is 65.0 Å². The Kier molecular flexibility index (Phi) is 5.44. The van der Waals surface area contributed by atoms with Gasteiger partial charge in [-0.2, -0.15) is 0 Å². The summed E-state index contributed by atoms with van der Waals surface area (Å²) in [5.41, 5.74) is -0.0836. The van der Waals surface area contributed by atoms with Crippen LogP contribution in [-0.2, 0) is 4.79 Å². The van der Waals surface area contributed by atoms with Crippen LogP contribution in [0.3, 0.4) is 0 Å². The molecule has 0 atom stereocenters. The van der Waals surface area contributed by atoms with Crippen molar-refractivity contribution in [2.24, 2.45) is 0 Å². The summed E-state index contributed by atoms with van der Waals surface area (Å²) in [5.74, 6) is -2.84. The molecular weight excluding hydrogens is 363 g/mol. The van der Waals surface area contributed by atoms with E-state index < -0.39 is 29.1 Å². The smallest absolute Gasteiger partial charge is 0.329 e. The molecule has 0 heterocycles. The summed E-state index contributed by atoms with van der Waals surface area (Å²) in [6, 6.07) is 10.3. The van der Waals surface area contributed by atoms with Crippen LogP contribution in [-0.4, -0.2) is 28.4 Å². The number of carbonyl (C=O) groups excluding carboxylic acids is 2. The second-order valence-electron chi connectivity index (χ2n) is 7.01. The largest absolute Gasteiger partial charge is 0.480 e. The molecule has 6 nitrogen and oxygen atoms in total. The van der Waals surface area contributed by atoms with Crippen LogP contribution >= 0.6 is 0 Å². The predicted octanol–water partition coefficient (Wildman–Crippen LogP) is 3.51. The summed E-state index contributed by atoms with van der Waals surface area (Å²) in [7, 11) is 0. The number of hydrogen-bond acceptors (Lipinski definition) is 3. The molecule has 0 bridgehead atoms. The van der Waals surface area contributed by atoms with E-state index in [2.05, 4.69) is 10.6 Å². The van der Waals surface area contributed by atoms with Gasteiger partial charge in [0.2, 0.25) is 0 Å². The van der Waals surface area contributed by atoms with Crippen LogP contribution in [0.2, 0.25) is 0 Å². The van der Waals surface area contributed by atoms with Gasteiger partial charge >= 0.3 is 5.97 Å². The van der Waals surface area contributed by atoms with E-state index in [-0.39, 0.29) is 11.1 Å². The Morgan fingerprint density at radius 3 is 2.36 bits per heavy atom. The van der Waals surface area contributed by atoms with Crippen molar-refractivity contribution < 1.29 is 23.9 Å². The maximum atomic E-state index is 13.8. The third-order valence-corrected chi connectivity index (χ3v) is 5.09. The number of carboxylic acids is 1. The van der Waals surface area contributed by atoms with Crippen LogP contribution in [0.4, 0.5) is 10.1 Å². The van der Waals surface area contributed by atoms with Crippen molar-refractivity contribution in [1.29, 1.82) is 0 Å². The molecular formula is C21H21FN2O4. The summed E-state index contributed by atoms with van der Waals surface area (Å²) in [4.78, 5) is 36.6. The monoisotopic (exact) mass is 384 g/mol. The number of anilines is 1. The molecule has 0 aliphatic heterocycles. The van der Waals surface area contributed by atoms with E-state index in [1.807, 2.05) is 0 Å². The summed E-state index contributed by atoms with van der Waals surface area (Å²) >= 11 is 0. The topological polar surface area (TPSA) is 95.5 Å². The Morgan fingerprint density at radius 2 is 1.71 bits per heavy atom. The average molecular weight is 384 g/mol. The molecule has 0 spiro atoms. The lowest BCUT2D eigenvalue weighted by Gasteiger charge is -2.25. The summed E-state index contributed by atoms with van der Waals surface area (Å²) in [6.45, 7) is 1.74. The molecule has 28 heavy (non-hydrogen) atoms. The van der Waals surface area contributed by atoms with Crippen LogP contribution in [0.15, 0.2) is 42.5 Å². The van der Waals surface area contributed by atoms with Gasteiger partial charge in [0.25, 0.3) is 11.8 Å². The zero-order chi connectivity index (χ0) is 20.3. The van der Waals surface area contributed by atoms with E-state index in [4.69, 9.17) is 0 Å². The molecule has 2 amide bonds. The van der Waals surface area contributed by atoms with Crippen molar-refractivity contribution in [3.8, 4) is 0 Å². The van der Waals surface area contributed by atoms with Crippen molar-refractivity contribution in [2.45, 2.75) is 38.1 Å². The van der Waals surface area contributed by atoms with Gasteiger partial charge < -0.3 is 15.7 Å². The maximum absolute atomic E-state index is 13.8. The lowest BCUT2D eigenvalue weighted by molar-refractivity contribution is -0.144. The number of halogens is 1. The minimum Gasteiger partial charge on any atom is -0.480 e. The highest BCUT2D eigenvalue weighted by Gasteiger charge is 2.42. The molecule has 1 aliphatic rings. The second-order valence-corrected chi connectivity index (χ2v) is 7.01. The molecule has 3 N–H and O–H groups in total.